The minimum absolute atomic E-state index is 0.0595. The van der Waals surface area contributed by atoms with E-state index in [0.717, 1.165) is 5.56 Å². The van der Waals surface area contributed by atoms with E-state index in [4.69, 9.17) is 17.3 Å². The molecule has 0 saturated carbocycles. The van der Waals surface area contributed by atoms with Crippen molar-refractivity contribution < 1.29 is 9.18 Å². The van der Waals surface area contributed by atoms with Crippen LogP contribution in [0.4, 0.5) is 4.39 Å². The molecule has 0 fully saturated rings. The number of carbonyl (C=O) groups excluding carboxylic acids is 1. The largest absolute Gasteiger partial charge is 0.352 e. The quantitative estimate of drug-likeness (QED) is 0.890. The molecule has 110 valence electrons. The molecule has 2 aromatic rings. The van der Waals surface area contributed by atoms with Crippen LogP contribution >= 0.6 is 11.6 Å². The molecule has 0 radical (unpaired) electrons. The molecule has 0 aromatic heterocycles. The number of rotatable bonds is 5. The summed E-state index contributed by atoms with van der Waals surface area (Å²) in [5, 5.41) is 2.58. The van der Waals surface area contributed by atoms with Gasteiger partial charge in [-0.3, -0.25) is 4.79 Å². The van der Waals surface area contributed by atoms with E-state index >= 15 is 0 Å². The number of nitrogens with one attached hydrogen (secondary N) is 1. The second-order valence-electron chi connectivity index (χ2n) is 4.66. The Morgan fingerprint density at radius 2 is 1.90 bits per heavy atom. The fraction of sp³-hybridized carbons (Fsp3) is 0.188. The van der Waals surface area contributed by atoms with E-state index in [1.54, 1.807) is 0 Å². The van der Waals surface area contributed by atoms with E-state index in [2.05, 4.69) is 5.32 Å². The van der Waals surface area contributed by atoms with E-state index in [9.17, 15) is 9.18 Å². The number of nitrogens with two attached hydrogens (primary N) is 1. The molecule has 3 nitrogen and oxygen atoms in total. The molecule has 2 aromatic carbocycles. The number of amides is 1. The number of hydrogen-bond donors (Lipinski definition) is 2. The number of carbonyl (C=O) groups is 1. The van der Waals surface area contributed by atoms with Gasteiger partial charge in [0.25, 0.3) is 5.91 Å². The van der Waals surface area contributed by atoms with Gasteiger partial charge in [-0.15, -0.1) is 0 Å². The van der Waals surface area contributed by atoms with Gasteiger partial charge in [0, 0.05) is 12.6 Å². The Morgan fingerprint density at radius 1 is 1.19 bits per heavy atom. The molecule has 21 heavy (non-hydrogen) atoms. The molecular formula is C16H16ClFN2O. The maximum absolute atomic E-state index is 13.7. The molecule has 0 heterocycles. The zero-order valence-electron chi connectivity index (χ0n) is 11.4. The second kappa shape index (κ2) is 7.20. The highest BCUT2D eigenvalue weighted by molar-refractivity contribution is 6.31. The first-order chi connectivity index (χ1) is 10.1. The third-order valence-corrected chi connectivity index (χ3v) is 3.46. The third kappa shape index (κ3) is 4.03. The van der Waals surface area contributed by atoms with Crippen LogP contribution in [0.25, 0.3) is 0 Å². The van der Waals surface area contributed by atoms with Gasteiger partial charge >= 0.3 is 0 Å². The topological polar surface area (TPSA) is 55.1 Å². The highest BCUT2D eigenvalue weighted by Crippen LogP contribution is 2.18. The molecule has 1 atom stereocenters. The van der Waals surface area contributed by atoms with Crippen molar-refractivity contribution in [1.29, 1.82) is 0 Å². The van der Waals surface area contributed by atoms with Crippen LogP contribution in [-0.4, -0.2) is 12.5 Å². The molecular weight excluding hydrogens is 291 g/mol. The SMILES string of the molecule is NC(CCNC(=O)c1cccc(Cl)c1F)c1ccccc1. The number of halogens is 2. The summed E-state index contributed by atoms with van der Waals surface area (Å²) in [6.07, 6.45) is 0.567. The van der Waals surface area contributed by atoms with Gasteiger partial charge in [-0.2, -0.15) is 0 Å². The lowest BCUT2D eigenvalue weighted by Crippen LogP contribution is -2.28. The third-order valence-electron chi connectivity index (χ3n) is 3.16. The first-order valence-electron chi connectivity index (χ1n) is 6.62. The van der Waals surface area contributed by atoms with Crippen LogP contribution in [0, 0.1) is 5.82 Å². The Balaban J connectivity index is 1.89. The van der Waals surface area contributed by atoms with Gasteiger partial charge < -0.3 is 11.1 Å². The zero-order chi connectivity index (χ0) is 15.2. The van der Waals surface area contributed by atoms with E-state index in [0.29, 0.717) is 13.0 Å². The Hall–Kier alpha value is -1.91. The van der Waals surface area contributed by atoms with Crippen molar-refractivity contribution in [2.45, 2.75) is 12.5 Å². The second-order valence-corrected chi connectivity index (χ2v) is 5.07. The van der Waals surface area contributed by atoms with E-state index in [1.807, 2.05) is 30.3 Å². The summed E-state index contributed by atoms with van der Waals surface area (Å²) in [6, 6.07) is 13.8. The number of hydrogen-bond acceptors (Lipinski definition) is 2. The standard InChI is InChI=1S/C16H16ClFN2O/c17-13-8-4-7-12(15(13)18)16(21)20-10-9-14(19)11-5-2-1-3-6-11/h1-8,14H,9-10,19H2,(H,20,21). The normalized spacial score (nSPS) is 12.0. The predicted molar refractivity (Wildman–Crippen MR) is 81.7 cm³/mol. The summed E-state index contributed by atoms with van der Waals surface area (Å²) in [5.41, 5.74) is 6.97. The highest BCUT2D eigenvalue weighted by atomic mass is 35.5. The summed E-state index contributed by atoms with van der Waals surface area (Å²) in [4.78, 5) is 11.9. The molecule has 1 unspecified atom stereocenters. The molecule has 0 spiro atoms. The lowest BCUT2D eigenvalue weighted by molar-refractivity contribution is 0.0948. The lowest BCUT2D eigenvalue weighted by Gasteiger charge is -2.12. The molecule has 0 bridgehead atoms. The summed E-state index contributed by atoms with van der Waals surface area (Å²) in [6.45, 7) is 0.362. The smallest absolute Gasteiger partial charge is 0.254 e. The van der Waals surface area contributed by atoms with Gasteiger partial charge in [-0.05, 0) is 24.1 Å². The van der Waals surface area contributed by atoms with Gasteiger partial charge in [-0.25, -0.2) is 4.39 Å². The number of benzene rings is 2. The average molecular weight is 307 g/mol. The highest BCUT2D eigenvalue weighted by Gasteiger charge is 2.14. The van der Waals surface area contributed by atoms with Crippen LogP contribution < -0.4 is 11.1 Å². The van der Waals surface area contributed by atoms with Crippen molar-refractivity contribution in [1.82, 2.24) is 5.32 Å². The minimum atomic E-state index is -0.705. The Labute approximate surface area is 127 Å². The molecule has 3 N–H and O–H groups in total. The zero-order valence-corrected chi connectivity index (χ0v) is 12.1. The van der Waals surface area contributed by atoms with E-state index in [-0.39, 0.29) is 16.6 Å². The molecule has 0 aliphatic carbocycles. The van der Waals surface area contributed by atoms with Gasteiger partial charge in [0.2, 0.25) is 0 Å². The van der Waals surface area contributed by atoms with Gasteiger partial charge in [-0.1, -0.05) is 48.0 Å². The monoisotopic (exact) mass is 306 g/mol. The summed E-state index contributed by atoms with van der Waals surface area (Å²) < 4.78 is 13.7. The van der Waals surface area contributed by atoms with Gasteiger partial charge in [0.05, 0.1) is 10.6 Å². The summed E-state index contributed by atoms with van der Waals surface area (Å²) in [5.74, 6) is -1.20. The van der Waals surface area contributed by atoms with Crippen LogP contribution in [0.1, 0.15) is 28.4 Å². The van der Waals surface area contributed by atoms with Crippen molar-refractivity contribution in [3.8, 4) is 0 Å². The summed E-state index contributed by atoms with van der Waals surface area (Å²) >= 11 is 5.65. The molecule has 0 saturated heterocycles. The lowest BCUT2D eigenvalue weighted by atomic mass is 10.0. The Morgan fingerprint density at radius 3 is 2.62 bits per heavy atom. The molecule has 0 aliphatic rings. The van der Waals surface area contributed by atoms with Crippen LogP contribution in [0.3, 0.4) is 0 Å². The fourth-order valence-electron chi connectivity index (χ4n) is 1.98. The average Bonchev–Trinajstić information content (AvgIpc) is 2.50. The van der Waals surface area contributed by atoms with Crippen LogP contribution in [0.15, 0.2) is 48.5 Å². The van der Waals surface area contributed by atoms with Crippen LogP contribution in [0.2, 0.25) is 5.02 Å². The summed E-state index contributed by atoms with van der Waals surface area (Å²) in [7, 11) is 0. The molecule has 2 rings (SSSR count). The predicted octanol–water partition coefficient (Wildman–Crippen LogP) is 3.30. The Kier molecular flexibility index (Phi) is 5.31. The minimum Gasteiger partial charge on any atom is -0.352 e. The molecule has 5 heteroatoms. The van der Waals surface area contributed by atoms with E-state index < -0.39 is 11.7 Å². The van der Waals surface area contributed by atoms with Gasteiger partial charge in [0.15, 0.2) is 5.82 Å². The first kappa shape index (κ1) is 15.5. The van der Waals surface area contributed by atoms with E-state index in [1.165, 1.54) is 18.2 Å². The van der Waals surface area contributed by atoms with Crippen LogP contribution in [0.5, 0.6) is 0 Å². The van der Waals surface area contributed by atoms with Gasteiger partial charge in [0.1, 0.15) is 0 Å². The fourth-order valence-corrected chi connectivity index (χ4v) is 2.16. The van der Waals surface area contributed by atoms with Crippen molar-refractivity contribution in [3.05, 3.63) is 70.5 Å². The maximum atomic E-state index is 13.7. The molecule has 0 aliphatic heterocycles. The van der Waals surface area contributed by atoms with Crippen LogP contribution in [-0.2, 0) is 0 Å². The first-order valence-corrected chi connectivity index (χ1v) is 7.00. The van der Waals surface area contributed by atoms with Crippen molar-refractivity contribution in [2.24, 2.45) is 5.73 Å². The van der Waals surface area contributed by atoms with Crippen molar-refractivity contribution in [2.75, 3.05) is 6.54 Å². The Bertz CT molecular complexity index is 619. The molecule has 1 amide bonds. The van der Waals surface area contributed by atoms with Crippen molar-refractivity contribution in [3.63, 3.8) is 0 Å². The maximum Gasteiger partial charge on any atom is 0.254 e. The van der Waals surface area contributed by atoms with Crippen molar-refractivity contribution >= 4 is 17.5 Å².